The van der Waals surface area contributed by atoms with Crippen molar-refractivity contribution in [2.45, 2.75) is 19.3 Å². The molecular formula is C18H18N2O2. The number of nitrogens with zero attached hydrogens (tertiary/aromatic N) is 1. The standard InChI is InChI=1S/C18H18N2O2/c1-12(13-7-9-15(21)10-8-13)19-20-18(22)17-11-16(17)14-5-3-2-4-6-14/h2-10,16-17,21H,11H2,1H3,(H,20,22)/b19-12+/t16-,17+/m1/s1. The van der Waals surface area contributed by atoms with Crippen LogP contribution in [-0.2, 0) is 4.79 Å². The van der Waals surface area contributed by atoms with Crippen molar-refractivity contribution in [2.75, 3.05) is 0 Å². The Bertz CT molecular complexity index is 693. The summed E-state index contributed by atoms with van der Waals surface area (Å²) in [4.78, 5) is 12.1. The Labute approximate surface area is 129 Å². The average molecular weight is 294 g/mol. The molecule has 1 saturated carbocycles. The van der Waals surface area contributed by atoms with E-state index in [1.165, 1.54) is 5.56 Å². The van der Waals surface area contributed by atoms with Crippen LogP contribution in [0.4, 0.5) is 0 Å². The maximum atomic E-state index is 12.1. The Morgan fingerprint density at radius 3 is 2.50 bits per heavy atom. The summed E-state index contributed by atoms with van der Waals surface area (Å²) in [5, 5.41) is 13.4. The first kappa shape index (κ1) is 14.3. The van der Waals surface area contributed by atoms with Crippen molar-refractivity contribution in [2.24, 2.45) is 11.0 Å². The van der Waals surface area contributed by atoms with Crippen molar-refractivity contribution >= 4 is 11.6 Å². The van der Waals surface area contributed by atoms with E-state index in [4.69, 9.17) is 0 Å². The SMILES string of the molecule is C/C(=N\NC(=O)[C@H]1C[C@@H]1c1ccccc1)c1ccc(O)cc1. The van der Waals surface area contributed by atoms with Gasteiger partial charge in [-0.25, -0.2) is 5.43 Å². The van der Waals surface area contributed by atoms with E-state index < -0.39 is 0 Å². The number of phenols is 1. The van der Waals surface area contributed by atoms with E-state index in [9.17, 15) is 9.90 Å². The molecule has 1 aliphatic carbocycles. The Kier molecular flexibility index (Phi) is 3.92. The number of phenolic OH excluding ortho intramolecular Hbond substituents is 1. The van der Waals surface area contributed by atoms with E-state index >= 15 is 0 Å². The summed E-state index contributed by atoms with van der Waals surface area (Å²) in [5.41, 5.74) is 5.44. The van der Waals surface area contributed by atoms with Gasteiger partial charge < -0.3 is 5.11 Å². The molecule has 0 saturated heterocycles. The average Bonchev–Trinajstić information content (AvgIpc) is 3.34. The molecule has 0 unspecified atom stereocenters. The van der Waals surface area contributed by atoms with Crippen LogP contribution in [0, 0.1) is 5.92 Å². The lowest BCUT2D eigenvalue weighted by atomic mass is 10.1. The lowest BCUT2D eigenvalue weighted by Gasteiger charge is -2.03. The van der Waals surface area contributed by atoms with Gasteiger partial charge in [-0.05, 0) is 54.7 Å². The Morgan fingerprint density at radius 2 is 1.82 bits per heavy atom. The van der Waals surface area contributed by atoms with Gasteiger partial charge in [-0.2, -0.15) is 5.10 Å². The molecule has 22 heavy (non-hydrogen) atoms. The fraction of sp³-hybridized carbons (Fsp3) is 0.222. The van der Waals surface area contributed by atoms with Crippen LogP contribution in [0.25, 0.3) is 0 Å². The van der Waals surface area contributed by atoms with Crippen molar-refractivity contribution in [1.29, 1.82) is 0 Å². The Hall–Kier alpha value is -2.62. The highest BCUT2D eigenvalue weighted by Crippen LogP contribution is 2.47. The highest BCUT2D eigenvalue weighted by Gasteiger charge is 2.43. The molecule has 1 fully saturated rings. The fourth-order valence-corrected chi connectivity index (χ4v) is 2.54. The Balaban J connectivity index is 1.59. The van der Waals surface area contributed by atoms with Crippen LogP contribution < -0.4 is 5.43 Å². The van der Waals surface area contributed by atoms with Crippen molar-refractivity contribution in [3.8, 4) is 5.75 Å². The Morgan fingerprint density at radius 1 is 1.14 bits per heavy atom. The smallest absolute Gasteiger partial charge is 0.243 e. The number of nitrogens with one attached hydrogen (secondary N) is 1. The molecule has 2 N–H and O–H groups in total. The maximum Gasteiger partial charge on any atom is 0.243 e. The molecule has 0 bridgehead atoms. The number of aromatic hydroxyl groups is 1. The topological polar surface area (TPSA) is 61.7 Å². The van der Waals surface area contributed by atoms with Crippen LogP contribution in [0.1, 0.15) is 30.4 Å². The van der Waals surface area contributed by atoms with Crippen molar-refractivity contribution in [3.63, 3.8) is 0 Å². The summed E-state index contributed by atoms with van der Waals surface area (Å²) in [5.74, 6) is 0.500. The van der Waals surface area contributed by atoms with E-state index in [0.717, 1.165) is 12.0 Å². The molecule has 2 atom stereocenters. The van der Waals surface area contributed by atoms with Gasteiger partial charge in [0.25, 0.3) is 0 Å². The van der Waals surface area contributed by atoms with Gasteiger partial charge in [-0.15, -0.1) is 0 Å². The van der Waals surface area contributed by atoms with Gasteiger partial charge in [0.15, 0.2) is 0 Å². The zero-order valence-electron chi connectivity index (χ0n) is 12.4. The second kappa shape index (κ2) is 6.02. The minimum atomic E-state index is -0.0352. The summed E-state index contributed by atoms with van der Waals surface area (Å²) in [6.07, 6.45) is 0.879. The zero-order chi connectivity index (χ0) is 15.5. The third-order valence-corrected chi connectivity index (χ3v) is 3.97. The second-order valence-electron chi connectivity index (χ2n) is 5.58. The number of carbonyl (C=O) groups excluding carboxylic acids is 1. The van der Waals surface area contributed by atoms with Crippen LogP contribution >= 0.6 is 0 Å². The summed E-state index contributed by atoms with van der Waals surface area (Å²) in [6, 6.07) is 16.8. The number of rotatable bonds is 4. The van der Waals surface area contributed by atoms with Gasteiger partial charge in [0.2, 0.25) is 5.91 Å². The van der Waals surface area contributed by atoms with Gasteiger partial charge in [-0.3, -0.25) is 4.79 Å². The third kappa shape index (κ3) is 3.17. The van der Waals surface area contributed by atoms with Crippen LogP contribution in [0.2, 0.25) is 0 Å². The van der Waals surface area contributed by atoms with E-state index in [1.807, 2.05) is 25.1 Å². The lowest BCUT2D eigenvalue weighted by Crippen LogP contribution is -2.21. The molecule has 1 amide bonds. The van der Waals surface area contributed by atoms with Gasteiger partial charge in [0.05, 0.1) is 5.71 Å². The van der Waals surface area contributed by atoms with Gasteiger partial charge in [0.1, 0.15) is 5.75 Å². The van der Waals surface area contributed by atoms with E-state index in [1.54, 1.807) is 24.3 Å². The molecule has 1 aliphatic rings. The highest BCUT2D eigenvalue weighted by molar-refractivity contribution is 5.99. The largest absolute Gasteiger partial charge is 0.508 e. The van der Waals surface area contributed by atoms with Crippen LogP contribution in [0.5, 0.6) is 5.75 Å². The van der Waals surface area contributed by atoms with Crippen LogP contribution in [0.15, 0.2) is 59.7 Å². The molecule has 0 aromatic heterocycles. The number of benzene rings is 2. The molecule has 3 rings (SSSR count). The summed E-state index contributed by atoms with van der Waals surface area (Å²) in [6.45, 7) is 1.83. The number of hydrogen-bond donors (Lipinski definition) is 2. The van der Waals surface area contributed by atoms with E-state index in [0.29, 0.717) is 11.6 Å². The van der Waals surface area contributed by atoms with E-state index in [-0.39, 0.29) is 17.6 Å². The molecule has 0 heterocycles. The first-order valence-corrected chi connectivity index (χ1v) is 7.33. The minimum absolute atomic E-state index is 0.0127. The van der Waals surface area contributed by atoms with Gasteiger partial charge in [0, 0.05) is 5.92 Å². The number of amides is 1. The summed E-state index contributed by atoms with van der Waals surface area (Å²) >= 11 is 0. The van der Waals surface area contributed by atoms with Crippen molar-refractivity contribution < 1.29 is 9.90 Å². The van der Waals surface area contributed by atoms with E-state index in [2.05, 4.69) is 22.7 Å². The monoisotopic (exact) mass is 294 g/mol. The second-order valence-corrected chi connectivity index (χ2v) is 5.58. The fourth-order valence-electron chi connectivity index (χ4n) is 2.54. The quantitative estimate of drug-likeness (QED) is 0.672. The van der Waals surface area contributed by atoms with Crippen LogP contribution in [0.3, 0.4) is 0 Å². The highest BCUT2D eigenvalue weighted by atomic mass is 16.3. The van der Waals surface area contributed by atoms with Crippen LogP contribution in [-0.4, -0.2) is 16.7 Å². The molecule has 0 spiro atoms. The number of carbonyl (C=O) groups is 1. The molecule has 4 heteroatoms. The van der Waals surface area contributed by atoms with Gasteiger partial charge >= 0.3 is 0 Å². The molecule has 2 aromatic rings. The zero-order valence-corrected chi connectivity index (χ0v) is 12.4. The number of hydrogen-bond acceptors (Lipinski definition) is 3. The number of hydrazone groups is 1. The molecule has 0 radical (unpaired) electrons. The predicted octanol–water partition coefficient (Wildman–Crippen LogP) is 3.04. The normalized spacial score (nSPS) is 20.5. The van der Waals surface area contributed by atoms with Crippen molar-refractivity contribution in [3.05, 3.63) is 65.7 Å². The third-order valence-electron chi connectivity index (χ3n) is 3.97. The minimum Gasteiger partial charge on any atom is -0.508 e. The summed E-state index contributed by atoms with van der Waals surface area (Å²) in [7, 11) is 0. The molecule has 112 valence electrons. The van der Waals surface area contributed by atoms with Crippen molar-refractivity contribution in [1.82, 2.24) is 5.43 Å². The lowest BCUT2D eigenvalue weighted by molar-refractivity contribution is -0.122. The van der Waals surface area contributed by atoms with Gasteiger partial charge in [-0.1, -0.05) is 30.3 Å². The predicted molar refractivity (Wildman–Crippen MR) is 85.8 cm³/mol. The molecule has 0 aliphatic heterocycles. The first-order chi connectivity index (χ1) is 10.6. The maximum absolute atomic E-state index is 12.1. The molecule has 2 aromatic carbocycles. The summed E-state index contributed by atoms with van der Waals surface area (Å²) < 4.78 is 0. The molecular weight excluding hydrogens is 276 g/mol. The molecule has 4 nitrogen and oxygen atoms in total. The first-order valence-electron chi connectivity index (χ1n) is 7.33.